The fraction of sp³-hybridized carbons (Fsp3) is 0.500. The predicted molar refractivity (Wildman–Crippen MR) is 69.9 cm³/mol. The number of hydrogen-bond acceptors (Lipinski definition) is 2. The maximum Gasteiger partial charge on any atom is 0.0704 e. The molecular formula is C12H16INO. The molecule has 0 aliphatic heterocycles. The fourth-order valence-electron chi connectivity index (χ4n) is 1.55. The van der Waals surface area contributed by atoms with Gasteiger partial charge in [-0.2, -0.15) is 0 Å². The molecule has 0 radical (unpaired) electrons. The van der Waals surface area contributed by atoms with Gasteiger partial charge in [0.1, 0.15) is 0 Å². The van der Waals surface area contributed by atoms with Gasteiger partial charge in [-0.1, -0.05) is 12.1 Å². The highest BCUT2D eigenvalue weighted by Gasteiger charge is 2.21. The van der Waals surface area contributed by atoms with Crippen molar-refractivity contribution in [2.24, 2.45) is 0 Å². The van der Waals surface area contributed by atoms with E-state index in [1.807, 2.05) is 0 Å². The summed E-state index contributed by atoms with van der Waals surface area (Å²) in [6.45, 7) is 0.719. The second-order valence-corrected chi connectivity index (χ2v) is 5.41. The second-order valence-electron chi connectivity index (χ2n) is 4.17. The minimum absolute atomic E-state index is 0.259. The van der Waals surface area contributed by atoms with Crippen LogP contribution in [0.2, 0.25) is 0 Å². The first-order valence-corrected chi connectivity index (χ1v) is 6.48. The van der Waals surface area contributed by atoms with E-state index >= 15 is 0 Å². The molecule has 2 rings (SSSR count). The molecule has 82 valence electrons. The van der Waals surface area contributed by atoms with Gasteiger partial charge in [0.2, 0.25) is 0 Å². The zero-order chi connectivity index (χ0) is 10.7. The van der Waals surface area contributed by atoms with Crippen molar-refractivity contribution < 1.29 is 5.11 Å². The zero-order valence-corrected chi connectivity index (χ0v) is 10.8. The molecule has 0 aromatic heterocycles. The summed E-state index contributed by atoms with van der Waals surface area (Å²) in [5, 5.41) is 13.1. The number of aliphatic hydroxyl groups is 1. The highest BCUT2D eigenvalue weighted by Crippen LogP contribution is 2.18. The predicted octanol–water partition coefficient (Wildman–Crippen LogP) is 1.95. The third kappa shape index (κ3) is 4.09. The second kappa shape index (κ2) is 5.27. The van der Waals surface area contributed by atoms with Crippen molar-refractivity contribution in [3.05, 3.63) is 33.4 Å². The van der Waals surface area contributed by atoms with Gasteiger partial charge in [-0.3, -0.25) is 0 Å². The molecule has 3 heteroatoms. The molecule has 1 unspecified atom stereocenters. The Morgan fingerprint density at radius 3 is 2.60 bits per heavy atom. The molecule has 1 fully saturated rings. The average molecular weight is 317 g/mol. The Morgan fingerprint density at radius 1 is 1.33 bits per heavy atom. The molecule has 1 aromatic carbocycles. The maximum absolute atomic E-state index is 9.78. The van der Waals surface area contributed by atoms with E-state index < -0.39 is 0 Å². The SMILES string of the molecule is OC(CNC1CC1)Cc1ccc(I)cc1. The Hall–Kier alpha value is -0.130. The van der Waals surface area contributed by atoms with Crippen molar-refractivity contribution in [1.29, 1.82) is 0 Å². The first-order valence-electron chi connectivity index (χ1n) is 5.40. The first kappa shape index (κ1) is 11.4. The Morgan fingerprint density at radius 2 is 2.00 bits per heavy atom. The summed E-state index contributed by atoms with van der Waals surface area (Å²) in [7, 11) is 0. The average Bonchev–Trinajstić information content (AvgIpc) is 3.02. The van der Waals surface area contributed by atoms with Crippen LogP contribution in [0.15, 0.2) is 24.3 Å². The van der Waals surface area contributed by atoms with E-state index in [4.69, 9.17) is 0 Å². The third-order valence-electron chi connectivity index (χ3n) is 2.60. The topological polar surface area (TPSA) is 32.3 Å². The summed E-state index contributed by atoms with van der Waals surface area (Å²) in [5.41, 5.74) is 1.21. The molecule has 0 saturated heterocycles. The van der Waals surface area contributed by atoms with Gasteiger partial charge in [-0.25, -0.2) is 0 Å². The van der Waals surface area contributed by atoms with Crippen LogP contribution < -0.4 is 5.32 Å². The molecule has 0 bridgehead atoms. The quantitative estimate of drug-likeness (QED) is 0.814. The Balaban J connectivity index is 1.76. The van der Waals surface area contributed by atoms with Crippen LogP contribution >= 0.6 is 22.6 Å². The van der Waals surface area contributed by atoms with E-state index in [0.29, 0.717) is 6.04 Å². The number of nitrogens with one attached hydrogen (secondary N) is 1. The van der Waals surface area contributed by atoms with Gasteiger partial charge >= 0.3 is 0 Å². The van der Waals surface area contributed by atoms with Crippen LogP contribution in [0.4, 0.5) is 0 Å². The summed E-state index contributed by atoms with van der Waals surface area (Å²) in [5.74, 6) is 0. The lowest BCUT2D eigenvalue weighted by Gasteiger charge is -2.11. The van der Waals surface area contributed by atoms with Crippen LogP contribution in [0.3, 0.4) is 0 Å². The summed E-state index contributed by atoms with van der Waals surface area (Å²) in [6.07, 6.45) is 3.04. The Bertz CT molecular complexity index is 308. The van der Waals surface area contributed by atoms with E-state index in [-0.39, 0.29) is 6.10 Å². The van der Waals surface area contributed by atoms with E-state index in [9.17, 15) is 5.11 Å². The smallest absolute Gasteiger partial charge is 0.0704 e. The number of rotatable bonds is 5. The molecule has 1 aliphatic rings. The zero-order valence-electron chi connectivity index (χ0n) is 8.62. The van der Waals surface area contributed by atoms with Crippen molar-refractivity contribution >= 4 is 22.6 Å². The molecular weight excluding hydrogens is 301 g/mol. The molecule has 0 heterocycles. The lowest BCUT2D eigenvalue weighted by Crippen LogP contribution is -2.29. The Kier molecular flexibility index (Phi) is 3.99. The molecule has 1 aromatic rings. The van der Waals surface area contributed by atoms with Crippen molar-refractivity contribution in [3.8, 4) is 0 Å². The summed E-state index contributed by atoms with van der Waals surface area (Å²) >= 11 is 2.29. The van der Waals surface area contributed by atoms with Gasteiger partial charge in [0.25, 0.3) is 0 Å². The van der Waals surface area contributed by atoms with Gasteiger partial charge in [0.15, 0.2) is 0 Å². The summed E-state index contributed by atoms with van der Waals surface area (Å²) in [4.78, 5) is 0. The molecule has 1 atom stereocenters. The monoisotopic (exact) mass is 317 g/mol. The molecule has 2 nitrogen and oxygen atoms in total. The number of aliphatic hydroxyl groups excluding tert-OH is 1. The van der Waals surface area contributed by atoms with Gasteiger partial charge < -0.3 is 10.4 Å². The van der Waals surface area contributed by atoms with Crippen LogP contribution in [-0.2, 0) is 6.42 Å². The van der Waals surface area contributed by atoms with Crippen LogP contribution in [0.25, 0.3) is 0 Å². The standard InChI is InChI=1S/C12H16INO/c13-10-3-1-9(2-4-10)7-12(15)8-14-11-5-6-11/h1-4,11-12,14-15H,5-8H2. The highest BCUT2D eigenvalue weighted by molar-refractivity contribution is 14.1. The van der Waals surface area contributed by atoms with E-state index in [1.54, 1.807) is 0 Å². The molecule has 0 amide bonds. The first-order chi connectivity index (χ1) is 7.24. The normalized spacial score (nSPS) is 17.7. The molecule has 0 spiro atoms. The molecule has 15 heavy (non-hydrogen) atoms. The maximum atomic E-state index is 9.78. The number of halogens is 1. The van der Waals surface area contributed by atoms with Crippen molar-refractivity contribution in [1.82, 2.24) is 5.32 Å². The summed E-state index contributed by atoms with van der Waals surface area (Å²) < 4.78 is 1.24. The lowest BCUT2D eigenvalue weighted by atomic mass is 10.1. The minimum Gasteiger partial charge on any atom is -0.391 e. The lowest BCUT2D eigenvalue weighted by molar-refractivity contribution is 0.171. The van der Waals surface area contributed by atoms with Crippen molar-refractivity contribution in [2.45, 2.75) is 31.4 Å². The van der Waals surface area contributed by atoms with Crippen LogP contribution in [0.5, 0.6) is 0 Å². The van der Waals surface area contributed by atoms with E-state index in [1.165, 1.54) is 22.0 Å². The van der Waals surface area contributed by atoms with Gasteiger partial charge in [0.05, 0.1) is 6.10 Å². The van der Waals surface area contributed by atoms with Gasteiger partial charge in [-0.05, 0) is 59.5 Å². The van der Waals surface area contributed by atoms with Gasteiger partial charge in [-0.15, -0.1) is 0 Å². The van der Waals surface area contributed by atoms with Crippen molar-refractivity contribution in [2.75, 3.05) is 6.54 Å². The summed E-state index contributed by atoms with van der Waals surface area (Å²) in [6, 6.07) is 9.01. The fourth-order valence-corrected chi connectivity index (χ4v) is 1.91. The van der Waals surface area contributed by atoms with Crippen LogP contribution in [-0.4, -0.2) is 23.8 Å². The number of hydrogen-bond donors (Lipinski definition) is 2. The number of benzene rings is 1. The van der Waals surface area contributed by atoms with Crippen LogP contribution in [0.1, 0.15) is 18.4 Å². The van der Waals surface area contributed by atoms with Gasteiger partial charge in [0, 0.05) is 16.2 Å². The minimum atomic E-state index is -0.259. The highest BCUT2D eigenvalue weighted by atomic mass is 127. The van der Waals surface area contributed by atoms with E-state index in [0.717, 1.165) is 13.0 Å². The van der Waals surface area contributed by atoms with Crippen LogP contribution in [0, 0.1) is 3.57 Å². The third-order valence-corrected chi connectivity index (χ3v) is 3.32. The molecule has 1 saturated carbocycles. The Labute approximate surface area is 104 Å². The largest absolute Gasteiger partial charge is 0.391 e. The molecule has 2 N–H and O–H groups in total. The van der Waals surface area contributed by atoms with Crippen molar-refractivity contribution in [3.63, 3.8) is 0 Å². The van der Waals surface area contributed by atoms with E-state index in [2.05, 4.69) is 52.2 Å². The molecule has 1 aliphatic carbocycles.